The van der Waals surface area contributed by atoms with Gasteiger partial charge in [-0.3, -0.25) is 4.79 Å². The number of aromatic nitrogens is 2. The molecule has 0 fully saturated rings. The first-order valence-corrected chi connectivity index (χ1v) is 11.5. The fourth-order valence-corrected chi connectivity index (χ4v) is 4.22. The maximum Gasteiger partial charge on any atom is 0.311 e. The van der Waals surface area contributed by atoms with E-state index in [4.69, 9.17) is 19.2 Å². The van der Waals surface area contributed by atoms with Crippen LogP contribution in [0.2, 0.25) is 0 Å². The van der Waals surface area contributed by atoms with E-state index in [0.717, 1.165) is 16.9 Å². The molecule has 1 aliphatic heterocycles. The van der Waals surface area contributed by atoms with Crippen molar-refractivity contribution >= 4 is 17.0 Å². The summed E-state index contributed by atoms with van der Waals surface area (Å²) < 4.78 is 33.8. The van der Waals surface area contributed by atoms with E-state index >= 15 is 0 Å². The number of alkyl halides is 1. The Labute approximate surface area is 199 Å². The summed E-state index contributed by atoms with van der Waals surface area (Å²) in [5.41, 5.74) is 2.37. The van der Waals surface area contributed by atoms with Gasteiger partial charge in [-0.05, 0) is 39.3 Å². The third-order valence-corrected chi connectivity index (χ3v) is 5.91. The van der Waals surface area contributed by atoms with Gasteiger partial charge in [0, 0.05) is 12.1 Å². The zero-order chi connectivity index (χ0) is 24.5. The van der Waals surface area contributed by atoms with E-state index in [0.29, 0.717) is 23.4 Å². The molecule has 180 valence electrons. The number of carbonyl (C=O) groups is 1. The van der Waals surface area contributed by atoms with E-state index in [2.05, 4.69) is 6.58 Å². The highest BCUT2D eigenvalue weighted by atomic mass is 19.1. The first kappa shape index (κ1) is 24.0. The number of halogens is 1. The number of hydrogen-bond acceptors (Lipinski definition) is 5. The summed E-state index contributed by atoms with van der Waals surface area (Å²) in [6.07, 6.45) is -0.358. The Morgan fingerprint density at radius 1 is 1.24 bits per heavy atom. The topological polar surface area (TPSA) is 62.6 Å². The van der Waals surface area contributed by atoms with Crippen molar-refractivity contribution in [2.75, 3.05) is 13.3 Å². The second-order valence-electron chi connectivity index (χ2n) is 9.46. The van der Waals surface area contributed by atoms with Gasteiger partial charge in [0.1, 0.15) is 24.1 Å². The van der Waals surface area contributed by atoms with Crippen molar-refractivity contribution in [3.8, 4) is 5.75 Å². The molecule has 6 nitrogen and oxygen atoms in total. The van der Waals surface area contributed by atoms with Crippen LogP contribution in [0.5, 0.6) is 5.75 Å². The normalized spacial score (nSPS) is 20.0. The van der Waals surface area contributed by atoms with Crippen molar-refractivity contribution in [2.24, 2.45) is 5.41 Å². The second-order valence-corrected chi connectivity index (χ2v) is 9.46. The first-order chi connectivity index (χ1) is 16.3. The lowest BCUT2D eigenvalue weighted by atomic mass is 9.90. The zero-order valence-electron chi connectivity index (χ0n) is 20.1. The SMILES string of the molecule is C=CCn1c(C)nc2c3c(ccc21)[C@@H](OCCF)C(OC(=O)C(C)(C)C)C(c1ccccc1)O3. The van der Waals surface area contributed by atoms with Crippen LogP contribution in [-0.2, 0) is 20.8 Å². The van der Waals surface area contributed by atoms with Crippen LogP contribution in [0, 0.1) is 12.3 Å². The van der Waals surface area contributed by atoms with Gasteiger partial charge in [0.25, 0.3) is 0 Å². The molecular weight excluding hydrogens is 435 g/mol. The Morgan fingerprint density at radius 2 is 1.97 bits per heavy atom. The third-order valence-electron chi connectivity index (χ3n) is 5.91. The van der Waals surface area contributed by atoms with Gasteiger partial charge in [0.15, 0.2) is 18.0 Å². The van der Waals surface area contributed by atoms with Crippen LogP contribution in [0.3, 0.4) is 0 Å². The van der Waals surface area contributed by atoms with E-state index in [1.807, 2.05) is 60.0 Å². The zero-order valence-corrected chi connectivity index (χ0v) is 20.1. The van der Waals surface area contributed by atoms with Crippen LogP contribution in [0.4, 0.5) is 4.39 Å². The Kier molecular flexibility index (Phi) is 6.75. The molecule has 0 radical (unpaired) electrons. The predicted molar refractivity (Wildman–Crippen MR) is 128 cm³/mol. The van der Waals surface area contributed by atoms with Gasteiger partial charge in [-0.25, -0.2) is 9.37 Å². The molecule has 0 aliphatic carbocycles. The van der Waals surface area contributed by atoms with Crippen molar-refractivity contribution in [1.82, 2.24) is 9.55 Å². The molecule has 0 saturated carbocycles. The van der Waals surface area contributed by atoms with Crippen LogP contribution in [0.1, 0.15) is 49.9 Å². The highest BCUT2D eigenvalue weighted by Gasteiger charge is 2.45. The van der Waals surface area contributed by atoms with E-state index in [1.54, 1.807) is 20.8 Å². The summed E-state index contributed by atoms with van der Waals surface area (Å²) >= 11 is 0. The molecule has 2 heterocycles. The second kappa shape index (κ2) is 9.58. The van der Waals surface area contributed by atoms with Crippen molar-refractivity contribution in [3.63, 3.8) is 0 Å². The molecule has 2 aromatic carbocycles. The van der Waals surface area contributed by atoms with Gasteiger partial charge in [0.2, 0.25) is 0 Å². The number of carbonyl (C=O) groups excluding carboxylic acids is 1. The number of aryl methyl sites for hydroxylation is 1. The van der Waals surface area contributed by atoms with Crippen LogP contribution in [0.25, 0.3) is 11.0 Å². The number of fused-ring (bicyclic) bond motifs is 3. The number of hydrogen-bond donors (Lipinski definition) is 0. The van der Waals surface area contributed by atoms with Gasteiger partial charge >= 0.3 is 5.97 Å². The standard InChI is InChI=1S/C27H31FN2O4/c1-6-15-30-17(2)29-21-20(30)13-12-19-23(21)33-22(18-10-8-7-9-11-18)25(24(19)32-16-14-28)34-26(31)27(3,4)5/h6-13,22,24-25H,1,14-16H2,2-5H3/t22?,24-,25?/m1/s1. The Hall–Kier alpha value is -3.19. The molecule has 34 heavy (non-hydrogen) atoms. The van der Waals surface area contributed by atoms with Gasteiger partial charge in [-0.15, -0.1) is 6.58 Å². The lowest BCUT2D eigenvalue weighted by Gasteiger charge is -2.39. The maximum atomic E-state index is 13.2. The number of nitrogens with zero attached hydrogens (tertiary/aromatic N) is 2. The number of ether oxygens (including phenoxy) is 3. The fraction of sp³-hybridized carbons (Fsp3) is 0.407. The van der Waals surface area contributed by atoms with Gasteiger partial charge in [-0.2, -0.15) is 0 Å². The minimum atomic E-state index is -0.804. The average Bonchev–Trinajstić information content (AvgIpc) is 3.13. The number of imidazole rings is 1. The average molecular weight is 467 g/mol. The third kappa shape index (κ3) is 4.44. The molecule has 7 heteroatoms. The first-order valence-electron chi connectivity index (χ1n) is 11.5. The molecule has 0 saturated heterocycles. The Morgan fingerprint density at radius 3 is 2.62 bits per heavy atom. The molecule has 0 bridgehead atoms. The number of rotatable bonds is 7. The molecular formula is C27H31FN2O4. The van der Waals surface area contributed by atoms with Crippen LogP contribution < -0.4 is 4.74 Å². The molecule has 1 aromatic heterocycles. The van der Waals surface area contributed by atoms with Crippen molar-refractivity contribution < 1.29 is 23.4 Å². The predicted octanol–water partition coefficient (Wildman–Crippen LogP) is 5.65. The summed E-state index contributed by atoms with van der Waals surface area (Å²) in [6.45, 7) is 11.0. The Balaban J connectivity index is 1.89. The van der Waals surface area contributed by atoms with Crippen molar-refractivity contribution in [2.45, 2.75) is 52.6 Å². The molecule has 3 atom stereocenters. The van der Waals surface area contributed by atoms with Gasteiger partial charge < -0.3 is 18.8 Å². The lowest BCUT2D eigenvalue weighted by Crippen LogP contribution is -2.41. The highest BCUT2D eigenvalue weighted by Crippen LogP contribution is 2.47. The number of benzene rings is 2. The summed E-state index contributed by atoms with van der Waals surface area (Å²) in [5, 5.41) is 0. The van der Waals surface area contributed by atoms with Crippen LogP contribution in [0.15, 0.2) is 55.1 Å². The molecule has 3 aromatic rings. The summed E-state index contributed by atoms with van der Waals surface area (Å²) in [5.74, 6) is 1.00. The monoisotopic (exact) mass is 466 g/mol. The smallest absolute Gasteiger partial charge is 0.311 e. The van der Waals surface area contributed by atoms with E-state index in [1.165, 1.54) is 0 Å². The maximum absolute atomic E-state index is 13.2. The summed E-state index contributed by atoms with van der Waals surface area (Å²) in [7, 11) is 0. The van der Waals surface area contributed by atoms with Crippen LogP contribution in [-0.4, -0.2) is 34.9 Å². The molecule has 4 rings (SSSR count). The van der Waals surface area contributed by atoms with Crippen molar-refractivity contribution in [3.05, 3.63) is 72.1 Å². The lowest BCUT2D eigenvalue weighted by molar-refractivity contribution is -0.181. The molecule has 0 N–H and O–H groups in total. The van der Waals surface area contributed by atoms with E-state index < -0.39 is 30.4 Å². The van der Waals surface area contributed by atoms with E-state index in [-0.39, 0.29) is 12.6 Å². The number of esters is 1. The Bertz CT molecular complexity index is 1180. The highest BCUT2D eigenvalue weighted by molar-refractivity contribution is 5.85. The minimum Gasteiger partial charge on any atom is -0.479 e. The van der Waals surface area contributed by atoms with Gasteiger partial charge in [-0.1, -0.05) is 42.5 Å². The largest absolute Gasteiger partial charge is 0.479 e. The fourth-order valence-electron chi connectivity index (χ4n) is 4.22. The quantitative estimate of drug-likeness (QED) is 0.333. The molecule has 1 aliphatic rings. The molecule has 0 spiro atoms. The van der Waals surface area contributed by atoms with Crippen molar-refractivity contribution in [1.29, 1.82) is 0 Å². The van der Waals surface area contributed by atoms with Gasteiger partial charge in [0.05, 0.1) is 17.5 Å². The van der Waals surface area contributed by atoms with Crippen LogP contribution >= 0.6 is 0 Å². The summed E-state index contributed by atoms with van der Waals surface area (Å²) in [4.78, 5) is 17.7. The summed E-state index contributed by atoms with van der Waals surface area (Å²) in [6, 6.07) is 13.4. The molecule has 2 unspecified atom stereocenters. The molecule has 0 amide bonds. The number of allylic oxidation sites excluding steroid dienone is 1. The minimum absolute atomic E-state index is 0.128. The van der Waals surface area contributed by atoms with E-state index in [9.17, 15) is 9.18 Å².